The van der Waals surface area contributed by atoms with E-state index in [-0.39, 0.29) is 17.9 Å². The average Bonchev–Trinajstić information content (AvgIpc) is 3.17. The molecule has 3 rings (SSSR count). The quantitative estimate of drug-likeness (QED) is 0.814. The lowest BCUT2D eigenvalue weighted by atomic mass is 9.96. The van der Waals surface area contributed by atoms with E-state index < -0.39 is 10.0 Å². The van der Waals surface area contributed by atoms with E-state index in [4.69, 9.17) is 11.6 Å². The molecule has 0 spiro atoms. The molecule has 1 aliphatic rings. The largest absolute Gasteiger partial charge is 0.349 e. The monoisotopic (exact) mass is 412 g/mol. The Morgan fingerprint density at radius 3 is 2.62 bits per heavy atom. The van der Waals surface area contributed by atoms with Crippen LogP contribution in [0, 0.1) is 5.92 Å². The summed E-state index contributed by atoms with van der Waals surface area (Å²) < 4.78 is 26.9. The van der Waals surface area contributed by atoms with Crippen molar-refractivity contribution in [1.29, 1.82) is 0 Å². The van der Waals surface area contributed by atoms with Crippen LogP contribution in [-0.2, 0) is 14.8 Å². The van der Waals surface area contributed by atoms with Crippen LogP contribution in [0.5, 0.6) is 0 Å². The Morgan fingerprint density at radius 1 is 1.27 bits per heavy atom. The first-order valence-corrected chi connectivity index (χ1v) is 11.2. The van der Waals surface area contributed by atoms with Crippen LogP contribution in [0.1, 0.15) is 31.4 Å². The molecule has 1 N–H and O–H groups in total. The maximum Gasteiger partial charge on any atom is 0.252 e. The van der Waals surface area contributed by atoms with E-state index in [0.29, 0.717) is 35.2 Å². The molecule has 140 valence electrons. The minimum atomic E-state index is -3.43. The van der Waals surface area contributed by atoms with E-state index in [9.17, 15) is 13.2 Å². The molecule has 1 aromatic heterocycles. The molecule has 0 bridgehead atoms. The molecule has 0 radical (unpaired) electrons. The summed E-state index contributed by atoms with van der Waals surface area (Å²) in [5.74, 6) is -0.211. The predicted molar refractivity (Wildman–Crippen MR) is 104 cm³/mol. The van der Waals surface area contributed by atoms with Gasteiger partial charge in [-0.15, -0.1) is 11.3 Å². The second-order valence-electron chi connectivity index (χ2n) is 6.40. The van der Waals surface area contributed by atoms with Crippen molar-refractivity contribution in [2.24, 2.45) is 5.92 Å². The molecule has 1 aromatic carbocycles. The van der Waals surface area contributed by atoms with Crippen molar-refractivity contribution in [3.63, 3.8) is 0 Å². The third-order valence-corrected chi connectivity index (χ3v) is 8.13. The van der Waals surface area contributed by atoms with Crippen LogP contribution in [0.4, 0.5) is 0 Å². The van der Waals surface area contributed by atoms with Crippen LogP contribution in [-0.4, -0.2) is 31.7 Å². The number of rotatable bonds is 5. The lowest BCUT2D eigenvalue weighted by Gasteiger charge is -2.30. The highest BCUT2D eigenvalue weighted by Crippen LogP contribution is 2.27. The molecule has 5 nitrogen and oxygen atoms in total. The summed E-state index contributed by atoms with van der Waals surface area (Å²) in [5, 5.41) is 5.40. The van der Waals surface area contributed by atoms with Crippen molar-refractivity contribution in [3.05, 3.63) is 52.4 Å². The van der Waals surface area contributed by atoms with Crippen LogP contribution in [0.3, 0.4) is 0 Å². The van der Waals surface area contributed by atoms with Crippen LogP contribution in [0.25, 0.3) is 0 Å². The Kier molecular flexibility index (Phi) is 6.02. The highest BCUT2D eigenvalue weighted by molar-refractivity contribution is 7.91. The smallest absolute Gasteiger partial charge is 0.252 e. The zero-order valence-electron chi connectivity index (χ0n) is 14.4. The van der Waals surface area contributed by atoms with Crippen LogP contribution in [0.15, 0.2) is 46.0 Å². The molecule has 2 heterocycles. The number of carbonyl (C=O) groups excluding carboxylic acids is 1. The molecule has 1 aliphatic heterocycles. The standard InChI is InChI=1S/C18H21ClN2O3S2/c1-13(15-4-2-5-16(19)12-15)20-18(22)14-7-9-21(10-8-14)26(23,24)17-6-3-11-25-17/h2-6,11-14H,7-10H2,1H3,(H,20,22)/t13-/m1/s1. The van der Waals surface area contributed by atoms with Gasteiger partial charge >= 0.3 is 0 Å². The molecular weight excluding hydrogens is 392 g/mol. The van der Waals surface area contributed by atoms with Gasteiger partial charge in [0.05, 0.1) is 6.04 Å². The highest BCUT2D eigenvalue weighted by atomic mass is 35.5. The first kappa shape index (κ1) is 19.4. The van der Waals surface area contributed by atoms with Gasteiger partial charge in [0.1, 0.15) is 4.21 Å². The average molecular weight is 413 g/mol. The Bertz CT molecular complexity index is 860. The number of nitrogens with one attached hydrogen (secondary N) is 1. The second-order valence-corrected chi connectivity index (χ2v) is 9.94. The SMILES string of the molecule is C[C@@H](NC(=O)C1CCN(S(=O)(=O)c2cccs2)CC1)c1cccc(Cl)c1. The number of sulfonamides is 1. The molecule has 1 atom stereocenters. The number of carbonyl (C=O) groups is 1. The number of hydrogen-bond donors (Lipinski definition) is 1. The fourth-order valence-corrected chi connectivity index (χ4v) is 5.90. The van der Waals surface area contributed by atoms with Gasteiger partial charge in [-0.1, -0.05) is 29.8 Å². The summed E-state index contributed by atoms with van der Waals surface area (Å²) >= 11 is 7.22. The third-order valence-electron chi connectivity index (χ3n) is 4.62. The predicted octanol–water partition coefficient (Wildman–Crippen LogP) is 3.68. The first-order valence-electron chi connectivity index (χ1n) is 8.47. The number of thiophene rings is 1. The van der Waals surface area contributed by atoms with Crippen LogP contribution < -0.4 is 5.32 Å². The summed E-state index contributed by atoms with van der Waals surface area (Å²) in [7, 11) is -3.43. The van der Waals surface area contributed by atoms with Crippen LogP contribution >= 0.6 is 22.9 Å². The van der Waals surface area contributed by atoms with E-state index in [0.717, 1.165) is 5.56 Å². The summed E-state index contributed by atoms with van der Waals surface area (Å²) in [6.45, 7) is 2.65. The molecule has 26 heavy (non-hydrogen) atoms. The topological polar surface area (TPSA) is 66.5 Å². The number of amides is 1. The van der Waals surface area contributed by atoms with Gasteiger partial charge in [0.15, 0.2) is 0 Å². The van der Waals surface area contributed by atoms with E-state index >= 15 is 0 Å². The highest BCUT2D eigenvalue weighted by Gasteiger charge is 2.32. The first-order chi connectivity index (χ1) is 12.4. The molecule has 1 amide bonds. The fraction of sp³-hybridized carbons (Fsp3) is 0.389. The minimum absolute atomic E-state index is 0.0364. The van der Waals surface area contributed by atoms with E-state index in [2.05, 4.69) is 5.32 Å². The number of nitrogens with zero attached hydrogens (tertiary/aromatic N) is 1. The zero-order chi connectivity index (χ0) is 18.7. The molecule has 8 heteroatoms. The second kappa shape index (κ2) is 8.08. The Balaban J connectivity index is 1.57. The zero-order valence-corrected chi connectivity index (χ0v) is 16.8. The lowest BCUT2D eigenvalue weighted by Crippen LogP contribution is -2.43. The van der Waals surface area contributed by atoms with Gasteiger partial charge in [-0.3, -0.25) is 4.79 Å². The van der Waals surface area contributed by atoms with E-state index in [1.54, 1.807) is 23.6 Å². The van der Waals surface area contributed by atoms with Crippen molar-refractivity contribution < 1.29 is 13.2 Å². The summed E-state index contributed by atoms with van der Waals surface area (Å²) in [6.07, 6.45) is 1.05. The minimum Gasteiger partial charge on any atom is -0.349 e. The molecule has 1 saturated heterocycles. The molecule has 0 aliphatic carbocycles. The van der Waals surface area contributed by atoms with Gasteiger partial charge in [-0.05, 0) is 48.9 Å². The van der Waals surface area contributed by atoms with Gasteiger partial charge in [0.25, 0.3) is 10.0 Å². The molecule has 2 aromatic rings. The van der Waals surface area contributed by atoms with Gasteiger partial charge in [-0.25, -0.2) is 8.42 Å². The van der Waals surface area contributed by atoms with Gasteiger partial charge < -0.3 is 5.32 Å². The lowest BCUT2D eigenvalue weighted by molar-refractivity contribution is -0.126. The maximum atomic E-state index is 12.5. The summed E-state index contributed by atoms with van der Waals surface area (Å²) in [4.78, 5) is 12.5. The van der Waals surface area contributed by atoms with E-state index in [1.807, 2.05) is 25.1 Å². The van der Waals surface area contributed by atoms with Gasteiger partial charge in [-0.2, -0.15) is 4.31 Å². The van der Waals surface area contributed by atoms with Crippen molar-refractivity contribution in [2.75, 3.05) is 13.1 Å². The summed E-state index contributed by atoms with van der Waals surface area (Å²) in [6, 6.07) is 10.6. The number of hydrogen-bond acceptors (Lipinski definition) is 4. The maximum absolute atomic E-state index is 12.5. The van der Waals surface area contributed by atoms with Crippen molar-refractivity contribution >= 4 is 38.9 Å². The third kappa shape index (κ3) is 4.28. The molecule has 1 fully saturated rings. The Hall–Kier alpha value is -1.41. The van der Waals surface area contributed by atoms with E-state index in [1.165, 1.54) is 15.6 Å². The van der Waals surface area contributed by atoms with Crippen molar-refractivity contribution in [3.8, 4) is 0 Å². The van der Waals surface area contributed by atoms with Crippen molar-refractivity contribution in [2.45, 2.75) is 30.0 Å². The van der Waals surface area contributed by atoms with Gasteiger partial charge in [0.2, 0.25) is 5.91 Å². The number of benzene rings is 1. The number of halogens is 1. The summed E-state index contributed by atoms with van der Waals surface area (Å²) in [5.41, 5.74) is 0.948. The fourth-order valence-electron chi connectivity index (χ4n) is 3.09. The van der Waals surface area contributed by atoms with Gasteiger partial charge in [0, 0.05) is 24.0 Å². The Labute approximate surface area is 163 Å². The van der Waals surface area contributed by atoms with Crippen molar-refractivity contribution in [1.82, 2.24) is 9.62 Å². The Morgan fingerprint density at radius 2 is 2.00 bits per heavy atom. The number of piperidine rings is 1. The molecule has 0 saturated carbocycles. The molecular formula is C18H21ClN2O3S2. The van der Waals surface area contributed by atoms with Crippen LogP contribution in [0.2, 0.25) is 5.02 Å². The molecule has 0 unspecified atom stereocenters. The normalized spacial score (nSPS) is 17.8.